The zero-order chi connectivity index (χ0) is 18.8. The van der Waals surface area contributed by atoms with E-state index >= 15 is 0 Å². The van der Waals surface area contributed by atoms with Crippen LogP contribution in [0, 0.1) is 18.3 Å². The Hall–Kier alpha value is -2.11. The predicted octanol–water partition coefficient (Wildman–Crippen LogP) is 2.11. The van der Waals surface area contributed by atoms with E-state index in [4.69, 9.17) is 10.00 Å². The molecule has 0 N–H and O–H groups in total. The summed E-state index contributed by atoms with van der Waals surface area (Å²) >= 11 is 0. The lowest BCUT2D eigenvalue weighted by Gasteiger charge is -2.35. The normalized spacial score (nSPS) is 16.4. The van der Waals surface area contributed by atoms with E-state index in [9.17, 15) is 13.2 Å². The number of benzene rings is 1. The number of nitrogens with zero attached hydrogens (tertiary/aromatic N) is 3. The van der Waals surface area contributed by atoms with Crippen LogP contribution in [0.5, 0.6) is 0 Å². The monoisotopic (exact) mass is 365 g/mol. The second-order valence-electron chi connectivity index (χ2n) is 6.96. The molecule has 0 radical (unpaired) electrons. The second kappa shape index (κ2) is 7.02. The number of carbonyl (C=O) groups is 1. The highest BCUT2D eigenvalue weighted by atomic mass is 32.2. The van der Waals surface area contributed by atoms with E-state index in [1.807, 2.05) is 6.07 Å². The molecule has 1 aromatic carbocycles. The van der Waals surface area contributed by atoms with E-state index in [1.165, 1.54) is 21.3 Å². The third-order valence-corrected chi connectivity index (χ3v) is 5.87. The SMILES string of the molecule is Cc1cc(C#N)ccc1S(=O)(=O)N1CCN(C(=O)OC(C)(C)C)CC1. The van der Waals surface area contributed by atoms with Crippen LogP contribution in [0.15, 0.2) is 23.1 Å². The molecule has 136 valence electrons. The molecule has 8 heteroatoms. The second-order valence-corrected chi connectivity index (χ2v) is 8.87. The Balaban J connectivity index is 2.09. The van der Waals surface area contributed by atoms with Gasteiger partial charge in [0.25, 0.3) is 0 Å². The van der Waals surface area contributed by atoms with E-state index in [1.54, 1.807) is 33.8 Å². The number of carbonyl (C=O) groups excluding carboxylic acids is 1. The van der Waals surface area contributed by atoms with Gasteiger partial charge in [-0.1, -0.05) is 0 Å². The highest BCUT2D eigenvalue weighted by Crippen LogP contribution is 2.22. The molecule has 25 heavy (non-hydrogen) atoms. The number of aryl methyl sites for hydroxylation is 1. The maximum atomic E-state index is 12.8. The van der Waals surface area contributed by atoms with E-state index in [-0.39, 0.29) is 31.1 Å². The van der Waals surface area contributed by atoms with Gasteiger partial charge in [0.2, 0.25) is 10.0 Å². The summed E-state index contributed by atoms with van der Waals surface area (Å²) in [5.74, 6) is 0. The van der Waals surface area contributed by atoms with E-state index in [0.29, 0.717) is 11.1 Å². The first-order valence-electron chi connectivity index (χ1n) is 8.03. The summed E-state index contributed by atoms with van der Waals surface area (Å²) in [5, 5.41) is 8.91. The fourth-order valence-corrected chi connectivity index (χ4v) is 4.21. The van der Waals surface area contributed by atoms with Gasteiger partial charge in [0.15, 0.2) is 0 Å². The summed E-state index contributed by atoms with van der Waals surface area (Å²) in [6.07, 6.45) is -0.431. The van der Waals surface area contributed by atoms with Gasteiger partial charge >= 0.3 is 6.09 Å². The Morgan fingerprint density at radius 2 is 1.80 bits per heavy atom. The zero-order valence-electron chi connectivity index (χ0n) is 14.9. The number of rotatable bonds is 2. The van der Waals surface area contributed by atoms with Crippen LogP contribution in [-0.4, -0.2) is 55.5 Å². The van der Waals surface area contributed by atoms with Crippen molar-refractivity contribution >= 4 is 16.1 Å². The Labute approximate surface area is 148 Å². The van der Waals surface area contributed by atoms with Crippen molar-refractivity contribution in [3.63, 3.8) is 0 Å². The molecular formula is C17H23N3O4S. The van der Waals surface area contributed by atoms with Crippen molar-refractivity contribution in [2.75, 3.05) is 26.2 Å². The fraction of sp³-hybridized carbons (Fsp3) is 0.529. The molecule has 0 aliphatic carbocycles. The summed E-state index contributed by atoms with van der Waals surface area (Å²) in [6.45, 7) is 8.03. The summed E-state index contributed by atoms with van der Waals surface area (Å²) in [6, 6.07) is 6.51. The number of nitriles is 1. The highest BCUT2D eigenvalue weighted by Gasteiger charge is 2.32. The van der Waals surface area contributed by atoms with Crippen LogP contribution in [0.4, 0.5) is 4.79 Å². The molecule has 1 aliphatic rings. The maximum Gasteiger partial charge on any atom is 0.410 e. The fourth-order valence-electron chi connectivity index (χ4n) is 2.58. The van der Waals surface area contributed by atoms with Gasteiger partial charge in [-0.3, -0.25) is 0 Å². The summed E-state index contributed by atoms with van der Waals surface area (Å²) < 4.78 is 32.3. The summed E-state index contributed by atoms with van der Waals surface area (Å²) in [7, 11) is -3.66. The van der Waals surface area contributed by atoms with Crippen molar-refractivity contribution in [2.45, 2.75) is 38.2 Å². The zero-order valence-corrected chi connectivity index (χ0v) is 15.8. The van der Waals surface area contributed by atoms with Crippen LogP contribution in [0.1, 0.15) is 31.9 Å². The van der Waals surface area contributed by atoms with Gasteiger partial charge < -0.3 is 9.64 Å². The van der Waals surface area contributed by atoms with E-state index < -0.39 is 21.7 Å². The van der Waals surface area contributed by atoms with E-state index in [0.717, 1.165) is 0 Å². The van der Waals surface area contributed by atoms with Crippen molar-refractivity contribution in [3.8, 4) is 6.07 Å². The molecule has 1 saturated heterocycles. The Kier molecular flexibility index (Phi) is 5.40. The van der Waals surface area contributed by atoms with Crippen LogP contribution in [-0.2, 0) is 14.8 Å². The minimum Gasteiger partial charge on any atom is -0.444 e. The first-order chi connectivity index (χ1) is 11.5. The number of amides is 1. The Bertz CT molecular complexity index is 798. The van der Waals surface area contributed by atoms with Crippen molar-refractivity contribution in [1.29, 1.82) is 5.26 Å². The molecule has 1 aliphatic heterocycles. The van der Waals surface area contributed by atoms with Crippen LogP contribution in [0.2, 0.25) is 0 Å². The third kappa shape index (κ3) is 4.50. The standard InChI is InChI=1S/C17H23N3O4S/c1-13-11-14(12-18)5-6-15(13)25(22,23)20-9-7-19(8-10-20)16(21)24-17(2,3)4/h5-6,11H,7-10H2,1-4H3. The third-order valence-electron chi connectivity index (χ3n) is 3.81. The van der Waals surface area contributed by atoms with Gasteiger partial charge in [-0.15, -0.1) is 0 Å². The van der Waals surface area contributed by atoms with Crippen LogP contribution < -0.4 is 0 Å². The summed E-state index contributed by atoms with van der Waals surface area (Å²) in [5.41, 5.74) is 0.375. The van der Waals surface area contributed by atoms with Crippen molar-refractivity contribution in [3.05, 3.63) is 29.3 Å². The molecule has 7 nitrogen and oxygen atoms in total. The molecule has 1 aromatic rings. The topological polar surface area (TPSA) is 90.7 Å². The molecule has 0 atom stereocenters. The molecule has 0 unspecified atom stereocenters. The molecule has 1 heterocycles. The Morgan fingerprint density at radius 1 is 1.20 bits per heavy atom. The van der Waals surface area contributed by atoms with Gasteiger partial charge in [-0.25, -0.2) is 13.2 Å². The molecule has 0 bridgehead atoms. The van der Waals surface area contributed by atoms with Crippen LogP contribution in [0.3, 0.4) is 0 Å². The number of hydrogen-bond donors (Lipinski definition) is 0. The van der Waals surface area contributed by atoms with Crippen molar-refractivity contribution in [1.82, 2.24) is 9.21 Å². The molecule has 0 aromatic heterocycles. The molecule has 0 saturated carbocycles. The minimum absolute atomic E-state index is 0.192. The maximum absolute atomic E-state index is 12.8. The lowest BCUT2D eigenvalue weighted by molar-refractivity contribution is 0.0192. The average Bonchev–Trinajstić information content (AvgIpc) is 2.53. The van der Waals surface area contributed by atoms with Gasteiger partial charge in [0, 0.05) is 26.2 Å². The van der Waals surface area contributed by atoms with Gasteiger partial charge in [-0.2, -0.15) is 9.57 Å². The van der Waals surface area contributed by atoms with Gasteiger partial charge in [0.05, 0.1) is 16.5 Å². The van der Waals surface area contributed by atoms with Gasteiger partial charge in [-0.05, 0) is 51.5 Å². The molecule has 1 amide bonds. The molecule has 0 spiro atoms. The smallest absolute Gasteiger partial charge is 0.410 e. The Morgan fingerprint density at radius 3 is 2.28 bits per heavy atom. The lowest BCUT2D eigenvalue weighted by atomic mass is 10.2. The molecular weight excluding hydrogens is 342 g/mol. The van der Waals surface area contributed by atoms with Crippen LogP contribution >= 0.6 is 0 Å². The van der Waals surface area contributed by atoms with Crippen molar-refractivity contribution < 1.29 is 17.9 Å². The number of piperazine rings is 1. The lowest BCUT2D eigenvalue weighted by Crippen LogP contribution is -2.51. The average molecular weight is 365 g/mol. The minimum atomic E-state index is -3.66. The number of hydrogen-bond acceptors (Lipinski definition) is 5. The first-order valence-corrected chi connectivity index (χ1v) is 9.47. The first kappa shape index (κ1) is 19.2. The van der Waals surface area contributed by atoms with Crippen molar-refractivity contribution in [2.24, 2.45) is 0 Å². The van der Waals surface area contributed by atoms with Crippen LogP contribution in [0.25, 0.3) is 0 Å². The summed E-state index contributed by atoms with van der Waals surface area (Å²) in [4.78, 5) is 13.8. The largest absolute Gasteiger partial charge is 0.444 e. The predicted molar refractivity (Wildman–Crippen MR) is 92.5 cm³/mol. The molecule has 2 rings (SSSR count). The van der Waals surface area contributed by atoms with Gasteiger partial charge in [0.1, 0.15) is 5.60 Å². The van der Waals surface area contributed by atoms with E-state index in [2.05, 4.69) is 0 Å². The number of ether oxygens (including phenoxy) is 1. The molecule has 1 fully saturated rings. The number of sulfonamides is 1. The highest BCUT2D eigenvalue weighted by molar-refractivity contribution is 7.89. The quantitative estimate of drug-likeness (QED) is 0.800.